The van der Waals surface area contributed by atoms with Crippen molar-refractivity contribution in [2.75, 3.05) is 5.32 Å². The minimum atomic E-state index is -0.294. The molecule has 0 aliphatic rings. The summed E-state index contributed by atoms with van der Waals surface area (Å²) in [7, 11) is 0. The van der Waals surface area contributed by atoms with Gasteiger partial charge in [0.2, 0.25) is 5.91 Å². The summed E-state index contributed by atoms with van der Waals surface area (Å²) in [6.45, 7) is 1.98. The molecule has 1 heterocycles. The number of fused-ring (bicyclic) bond motifs is 1. The third-order valence-corrected chi connectivity index (χ3v) is 4.03. The Hall–Kier alpha value is -3.21. The fourth-order valence-electron chi connectivity index (χ4n) is 2.66. The van der Waals surface area contributed by atoms with E-state index in [0.29, 0.717) is 11.1 Å². The number of amides is 1. The number of anilines is 1. The van der Waals surface area contributed by atoms with Crippen LogP contribution in [0.5, 0.6) is 0 Å². The van der Waals surface area contributed by atoms with E-state index in [4.69, 9.17) is 0 Å². The first-order valence-electron chi connectivity index (χ1n) is 8.43. The standard InChI is InChI=1S/C21H19FN2O2/c1-2-16-13-20(25)18-12-17(10-11-19(18)23-16)24-21(26)5-3-4-14-6-8-15(22)9-7-14/h3-4,6-13H,2,5H2,1H3,(H,23,25)(H,24,26)/b4-3+. The molecule has 26 heavy (non-hydrogen) atoms. The molecule has 1 amide bonds. The lowest BCUT2D eigenvalue weighted by Crippen LogP contribution is -2.11. The molecule has 0 bridgehead atoms. The van der Waals surface area contributed by atoms with Crippen molar-refractivity contribution >= 4 is 28.6 Å². The van der Waals surface area contributed by atoms with Crippen LogP contribution < -0.4 is 10.7 Å². The second-order valence-electron chi connectivity index (χ2n) is 5.98. The highest BCUT2D eigenvalue weighted by molar-refractivity contribution is 5.94. The molecule has 0 spiro atoms. The molecule has 0 radical (unpaired) electrons. The molecule has 2 aromatic carbocycles. The van der Waals surface area contributed by atoms with E-state index >= 15 is 0 Å². The maximum atomic E-state index is 12.8. The van der Waals surface area contributed by atoms with Crippen LogP contribution in [0.3, 0.4) is 0 Å². The SMILES string of the molecule is CCc1cc(=O)c2cc(NC(=O)C/C=C/c3ccc(F)cc3)ccc2[nH]1. The summed E-state index contributed by atoms with van der Waals surface area (Å²) in [6.07, 6.45) is 4.41. The predicted octanol–water partition coefficient (Wildman–Crippen LogP) is 4.27. The molecule has 0 aliphatic heterocycles. The average Bonchev–Trinajstić information content (AvgIpc) is 2.63. The number of pyridine rings is 1. The van der Waals surface area contributed by atoms with Gasteiger partial charge in [0.25, 0.3) is 0 Å². The molecule has 5 heteroatoms. The number of aryl methyl sites for hydroxylation is 1. The molecule has 0 unspecified atom stereocenters. The van der Waals surface area contributed by atoms with Crippen LogP contribution in [0.25, 0.3) is 17.0 Å². The minimum Gasteiger partial charge on any atom is -0.358 e. The second kappa shape index (κ2) is 7.78. The van der Waals surface area contributed by atoms with Crippen LogP contribution in [0.1, 0.15) is 24.6 Å². The Bertz CT molecular complexity index is 1020. The number of H-pyrrole nitrogens is 1. The number of benzene rings is 2. The van der Waals surface area contributed by atoms with Crippen molar-refractivity contribution in [2.24, 2.45) is 0 Å². The van der Waals surface area contributed by atoms with E-state index in [1.807, 2.05) is 6.92 Å². The number of nitrogens with one attached hydrogen (secondary N) is 2. The first kappa shape index (κ1) is 17.6. The third kappa shape index (κ3) is 4.25. The molecule has 2 N–H and O–H groups in total. The van der Waals surface area contributed by atoms with E-state index in [0.717, 1.165) is 23.2 Å². The van der Waals surface area contributed by atoms with Crippen molar-refractivity contribution in [1.82, 2.24) is 4.98 Å². The topological polar surface area (TPSA) is 62.0 Å². The monoisotopic (exact) mass is 350 g/mol. The van der Waals surface area contributed by atoms with Gasteiger partial charge >= 0.3 is 0 Å². The second-order valence-corrected chi connectivity index (χ2v) is 5.98. The van der Waals surface area contributed by atoms with Gasteiger partial charge in [0.05, 0.1) is 0 Å². The van der Waals surface area contributed by atoms with Crippen molar-refractivity contribution in [3.63, 3.8) is 0 Å². The predicted molar refractivity (Wildman–Crippen MR) is 103 cm³/mol. The summed E-state index contributed by atoms with van der Waals surface area (Å²) in [5.74, 6) is -0.485. The highest BCUT2D eigenvalue weighted by atomic mass is 19.1. The highest BCUT2D eigenvalue weighted by Gasteiger charge is 2.05. The number of hydrogen-bond acceptors (Lipinski definition) is 2. The zero-order valence-electron chi connectivity index (χ0n) is 14.4. The van der Waals surface area contributed by atoms with E-state index in [1.54, 1.807) is 48.6 Å². The molecule has 0 atom stereocenters. The van der Waals surface area contributed by atoms with Gasteiger partial charge < -0.3 is 10.3 Å². The van der Waals surface area contributed by atoms with Crippen molar-refractivity contribution < 1.29 is 9.18 Å². The van der Waals surface area contributed by atoms with Gasteiger partial charge in [0, 0.05) is 34.8 Å². The maximum absolute atomic E-state index is 12.8. The summed E-state index contributed by atoms with van der Waals surface area (Å²) in [5.41, 5.74) is 2.97. The Morgan fingerprint density at radius 1 is 1.15 bits per heavy atom. The van der Waals surface area contributed by atoms with Gasteiger partial charge in [-0.1, -0.05) is 31.2 Å². The van der Waals surface area contributed by atoms with Crippen LogP contribution in [0.2, 0.25) is 0 Å². The van der Waals surface area contributed by atoms with Gasteiger partial charge in [0.15, 0.2) is 5.43 Å². The van der Waals surface area contributed by atoms with E-state index in [1.165, 1.54) is 12.1 Å². The minimum absolute atomic E-state index is 0.0668. The van der Waals surface area contributed by atoms with Gasteiger partial charge in [0.1, 0.15) is 5.82 Å². The van der Waals surface area contributed by atoms with Crippen LogP contribution in [0.4, 0.5) is 10.1 Å². The molecule has 132 valence electrons. The zero-order chi connectivity index (χ0) is 18.5. The van der Waals surface area contributed by atoms with Crippen LogP contribution in [0.15, 0.2) is 59.4 Å². The summed E-state index contributed by atoms with van der Waals surface area (Å²) in [6, 6.07) is 12.8. The van der Waals surface area contributed by atoms with Crippen molar-refractivity contribution in [1.29, 1.82) is 0 Å². The van der Waals surface area contributed by atoms with E-state index in [9.17, 15) is 14.0 Å². The number of rotatable bonds is 5. The van der Waals surface area contributed by atoms with Crippen molar-refractivity contribution in [2.45, 2.75) is 19.8 Å². The molecular weight excluding hydrogens is 331 g/mol. The van der Waals surface area contributed by atoms with E-state index < -0.39 is 0 Å². The first-order valence-corrected chi connectivity index (χ1v) is 8.43. The lowest BCUT2D eigenvalue weighted by Gasteiger charge is -2.06. The van der Waals surface area contributed by atoms with E-state index in [-0.39, 0.29) is 23.6 Å². The molecule has 0 aliphatic carbocycles. The Morgan fingerprint density at radius 2 is 1.92 bits per heavy atom. The smallest absolute Gasteiger partial charge is 0.228 e. The molecule has 0 saturated carbocycles. The van der Waals surface area contributed by atoms with Gasteiger partial charge in [-0.25, -0.2) is 4.39 Å². The summed E-state index contributed by atoms with van der Waals surface area (Å²) in [5, 5.41) is 3.33. The molecule has 3 aromatic rings. The summed E-state index contributed by atoms with van der Waals surface area (Å²) >= 11 is 0. The van der Waals surface area contributed by atoms with Gasteiger partial charge in [-0.3, -0.25) is 9.59 Å². The fraction of sp³-hybridized carbons (Fsp3) is 0.143. The van der Waals surface area contributed by atoms with Gasteiger partial charge in [-0.15, -0.1) is 0 Å². The number of aromatic amines is 1. The molecule has 0 saturated heterocycles. The van der Waals surface area contributed by atoms with E-state index in [2.05, 4.69) is 10.3 Å². The first-order chi connectivity index (χ1) is 12.5. The van der Waals surface area contributed by atoms with Gasteiger partial charge in [-0.2, -0.15) is 0 Å². The normalized spacial score (nSPS) is 11.2. The van der Waals surface area contributed by atoms with Crippen molar-refractivity contribution in [3.8, 4) is 0 Å². The van der Waals surface area contributed by atoms with Crippen LogP contribution in [-0.2, 0) is 11.2 Å². The number of carbonyl (C=O) groups is 1. The van der Waals surface area contributed by atoms with Crippen LogP contribution >= 0.6 is 0 Å². The summed E-state index contributed by atoms with van der Waals surface area (Å²) < 4.78 is 12.8. The van der Waals surface area contributed by atoms with Gasteiger partial charge in [-0.05, 0) is 42.3 Å². The number of halogens is 1. The molecule has 0 fully saturated rings. The quantitative estimate of drug-likeness (QED) is 0.722. The van der Waals surface area contributed by atoms with Crippen molar-refractivity contribution in [3.05, 3.63) is 81.9 Å². The molecule has 3 rings (SSSR count). The van der Waals surface area contributed by atoms with Crippen LogP contribution in [-0.4, -0.2) is 10.9 Å². The number of aromatic nitrogens is 1. The lowest BCUT2D eigenvalue weighted by molar-refractivity contribution is -0.115. The maximum Gasteiger partial charge on any atom is 0.228 e. The highest BCUT2D eigenvalue weighted by Crippen LogP contribution is 2.16. The molecular formula is C21H19FN2O2. The summed E-state index contributed by atoms with van der Waals surface area (Å²) in [4.78, 5) is 27.5. The molecule has 4 nitrogen and oxygen atoms in total. The lowest BCUT2D eigenvalue weighted by atomic mass is 10.1. The van der Waals surface area contributed by atoms with Crippen LogP contribution in [0, 0.1) is 5.82 Å². The Balaban J connectivity index is 1.68. The Morgan fingerprint density at radius 3 is 2.65 bits per heavy atom. The fourth-order valence-corrected chi connectivity index (χ4v) is 2.66. The zero-order valence-corrected chi connectivity index (χ0v) is 14.4. The molecule has 1 aromatic heterocycles. The Labute approximate surface area is 150 Å². The number of carbonyl (C=O) groups excluding carboxylic acids is 1. The largest absolute Gasteiger partial charge is 0.358 e. The Kier molecular flexibility index (Phi) is 5.27. The number of hydrogen-bond donors (Lipinski definition) is 2. The average molecular weight is 350 g/mol. The third-order valence-electron chi connectivity index (χ3n) is 4.03.